The molecule has 0 amide bonds. The van der Waals surface area contributed by atoms with Crippen LogP contribution < -0.4 is 4.90 Å². The van der Waals surface area contributed by atoms with Gasteiger partial charge in [-0.05, 0) is 13.3 Å². The van der Waals surface area contributed by atoms with Crippen LogP contribution in [0.5, 0.6) is 0 Å². The number of thiazole rings is 1. The van der Waals surface area contributed by atoms with Crippen LogP contribution in [-0.4, -0.2) is 29.1 Å². The summed E-state index contributed by atoms with van der Waals surface area (Å²) in [6.45, 7) is 5.73. The van der Waals surface area contributed by atoms with Crippen molar-refractivity contribution in [2.45, 2.75) is 20.3 Å². The van der Waals surface area contributed by atoms with Gasteiger partial charge in [0.1, 0.15) is 0 Å². The molecule has 1 rings (SSSR count). The lowest BCUT2D eigenvalue weighted by molar-refractivity contribution is 0.0702. The Kier molecular flexibility index (Phi) is 4.35. The second kappa shape index (κ2) is 5.32. The number of halogens is 1. The fourth-order valence-corrected chi connectivity index (χ4v) is 2.43. The molecule has 0 aliphatic carbocycles. The molecule has 1 aromatic rings. The van der Waals surface area contributed by atoms with Crippen LogP contribution in [-0.2, 0) is 0 Å². The molecule has 0 aromatic carbocycles. The van der Waals surface area contributed by atoms with E-state index in [2.05, 4.69) is 11.9 Å². The highest BCUT2D eigenvalue weighted by Gasteiger charge is 2.18. The predicted molar refractivity (Wildman–Crippen MR) is 62.3 cm³/mol. The van der Waals surface area contributed by atoms with E-state index < -0.39 is 5.97 Å². The summed E-state index contributed by atoms with van der Waals surface area (Å²) >= 11 is 6.86. The number of hydrogen-bond acceptors (Lipinski definition) is 4. The largest absolute Gasteiger partial charge is 0.477 e. The lowest BCUT2D eigenvalue weighted by Gasteiger charge is -2.18. The van der Waals surface area contributed by atoms with Gasteiger partial charge in [-0.15, -0.1) is 0 Å². The molecular formula is C9H13ClN2O2S. The monoisotopic (exact) mass is 248 g/mol. The Hall–Kier alpha value is -0.810. The van der Waals surface area contributed by atoms with Crippen LogP contribution in [0.2, 0.25) is 5.15 Å². The summed E-state index contributed by atoms with van der Waals surface area (Å²) in [6, 6.07) is 0. The summed E-state index contributed by atoms with van der Waals surface area (Å²) in [5, 5.41) is 9.59. The van der Waals surface area contributed by atoms with Crippen molar-refractivity contribution in [3.8, 4) is 0 Å². The maximum absolute atomic E-state index is 10.8. The Morgan fingerprint density at radius 1 is 1.60 bits per heavy atom. The first-order chi connectivity index (χ1) is 7.10. The molecule has 1 N–H and O–H groups in total. The van der Waals surface area contributed by atoms with Crippen LogP contribution in [0, 0.1) is 0 Å². The molecule has 0 spiro atoms. The molecule has 0 atom stereocenters. The Bertz CT molecular complexity index is 354. The van der Waals surface area contributed by atoms with E-state index in [1.54, 1.807) is 0 Å². The summed E-state index contributed by atoms with van der Waals surface area (Å²) in [7, 11) is 0. The number of nitrogens with zero attached hydrogens (tertiary/aromatic N) is 2. The Labute approximate surface area is 97.5 Å². The second-order valence-electron chi connectivity index (χ2n) is 3.00. The van der Waals surface area contributed by atoms with E-state index in [0.717, 1.165) is 30.8 Å². The minimum atomic E-state index is -1.02. The van der Waals surface area contributed by atoms with Crippen LogP contribution in [0.3, 0.4) is 0 Å². The van der Waals surface area contributed by atoms with Crippen LogP contribution in [0.25, 0.3) is 0 Å². The van der Waals surface area contributed by atoms with Gasteiger partial charge in [-0.3, -0.25) is 0 Å². The van der Waals surface area contributed by atoms with Gasteiger partial charge in [0.15, 0.2) is 15.2 Å². The van der Waals surface area contributed by atoms with E-state index in [-0.39, 0.29) is 10.0 Å². The van der Waals surface area contributed by atoms with Gasteiger partial charge >= 0.3 is 5.97 Å². The molecule has 1 heterocycles. The minimum absolute atomic E-state index is 0.0806. The van der Waals surface area contributed by atoms with Crippen molar-refractivity contribution in [3.63, 3.8) is 0 Å². The number of hydrogen-bond donors (Lipinski definition) is 1. The summed E-state index contributed by atoms with van der Waals surface area (Å²) in [4.78, 5) is 17.0. The van der Waals surface area contributed by atoms with Gasteiger partial charge in [-0.2, -0.15) is 0 Å². The third-order valence-electron chi connectivity index (χ3n) is 1.91. The van der Waals surface area contributed by atoms with Gasteiger partial charge in [-0.1, -0.05) is 29.9 Å². The standard InChI is InChI=1S/C9H13ClN2O2S/c1-3-5-12(4-2)9-11-7(10)6(15-9)8(13)14/h3-5H2,1-2H3,(H,13,14). The highest BCUT2D eigenvalue weighted by atomic mass is 35.5. The first kappa shape index (κ1) is 12.3. The molecule has 1 aromatic heterocycles. The smallest absolute Gasteiger partial charge is 0.349 e. The van der Waals surface area contributed by atoms with Gasteiger partial charge in [0.25, 0.3) is 0 Å². The Morgan fingerprint density at radius 3 is 2.67 bits per heavy atom. The highest BCUT2D eigenvalue weighted by molar-refractivity contribution is 7.18. The number of carbonyl (C=O) groups is 1. The van der Waals surface area contributed by atoms with Gasteiger partial charge in [-0.25, -0.2) is 9.78 Å². The summed E-state index contributed by atoms with van der Waals surface area (Å²) < 4.78 is 0. The van der Waals surface area contributed by atoms with Crippen molar-refractivity contribution in [1.29, 1.82) is 0 Å². The van der Waals surface area contributed by atoms with Crippen molar-refractivity contribution in [1.82, 2.24) is 4.98 Å². The quantitative estimate of drug-likeness (QED) is 0.871. The van der Waals surface area contributed by atoms with Gasteiger partial charge in [0.2, 0.25) is 0 Å². The summed E-state index contributed by atoms with van der Waals surface area (Å²) in [5.74, 6) is -1.02. The van der Waals surface area contributed by atoms with Crippen molar-refractivity contribution in [3.05, 3.63) is 10.0 Å². The maximum Gasteiger partial charge on any atom is 0.349 e. The average molecular weight is 249 g/mol. The van der Waals surface area contributed by atoms with E-state index in [9.17, 15) is 4.79 Å². The van der Waals surface area contributed by atoms with Crippen LogP contribution in [0.15, 0.2) is 0 Å². The molecular weight excluding hydrogens is 236 g/mol. The number of carboxylic acid groups (broad SMARTS) is 1. The van der Waals surface area contributed by atoms with E-state index in [1.165, 1.54) is 0 Å². The number of aromatic nitrogens is 1. The molecule has 6 heteroatoms. The van der Waals surface area contributed by atoms with Crippen molar-refractivity contribution >= 4 is 34.0 Å². The zero-order chi connectivity index (χ0) is 11.4. The third kappa shape index (κ3) is 2.82. The SMILES string of the molecule is CCCN(CC)c1nc(Cl)c(C(=O)O)s1. The topological polar surface area (TPSA) is 53.4 Å². The molecule has 4 nitrogen and oxygen atoms in total. The van der Waals surface area contributed by atoms with E-state index in [4.69, 9.17) is 16.7 Å². The predicted octanol–water partition coefficient (Wildman–Crippen LogP) is 2.73. The van der Waals surface area contributed by atoms with E-state index in [1.807, 2.05) is 11.8 Å². The molecule has 15 heavy (non-hydrogen) atoms. The molecule has 0 saturated heterocycles. The van der Waals surface area contributed by atoms with E-state index in [0.29, 0.717) is 5.13 Å². The fraction of sp³-hybridized carbons (Fsp3) is 0.556. The lowest BCUT2D eigenvalue weighted by atomic mass is 10.4. The Morgan fingerprint density at radius 2 is 2.27 bits per heavy atom. The molecule has 84 valence electrons. The zero-order valence-electron chi connectivity index (χ0n) is 8.66. The van der Waals surface area contributed by atoms with Crippen molar-refractivity contribution in [2.24, 2.45) is 0 Å². The maximum atomic E-state index is 10.8. The van der Waals surface area contributed by atoms with Crippen LogP contribution >= 0.6 is 22.9 Å². The second-order valence-corrected chi connectivity index (χ2v) is 4.34. The minimum Gasteiger partial charge on any atom is -0.477 e. The van der Waals surface area contributed by atoms with Crippen molar-refractivity contribution in [2.75, 3.05) is 18.0 Å². The Balaban J connectivity index is 2.94. The van der Waals surface area contributed by atoms with Gasteiger partial charge < -0.3 is 10.0 Å². The fourth-order valence-electron chi connectivity index (χ4n) is 1.22. The molecule has 0 saturated carbocycles. The number of rotatable bonds is 5. The number of anilines is 1. The van der Waals surface area contributed by atoms with Crippen LogP contribution in [0.1, 0.15) is 29.9 Å². The molecule has 0 unspecified atom stereocenters. The van der Waals surface area contributed by atoms with Gasteiger partial charge in [0, 0.05) is 13.1 Å². The summed E-state index contributed by atoms with van der Waals surface area (Å²) in [6.07, 6.45) is 0.993. The molecule has 0 radical (unpaired) electrons. The highest BCUT2D eigenvalue weighted by Crippen LogP contribution is 2.29. The average Bonchev–Trinajstić information content (AvgIpc) is 2.56. The lowest BCUT2D eigenvalue weighted by Crippen LogP contribution is -2.22. The normalized spacial score (nSPS) is 10.3. The summed E-state index contributed by atoms with van der Waals surface area (Å²) in [5.41, 5.74) is 0. The molecule has 0 aliphatic rings. The van der Waals surface area contributed by atoms with E-state index >= 15 is 0 Å². The first-order valence-electron chi connectivity index (χ1n) is 4.74. The van der Waals surface area contributed by atoms with Gasteiger partial charge in [0.05, 0.1) is 0 Å². The number of aromatic carboxylic acids is 1. The molecule has 0 bridgehead atoms. The van der Waals surface area contributed by atoms with Crippen molar-refractivity contribution < 1.29 is 9.90 Å². The molecule has 0 fully saturated rings. The number of carboxylic acids is 1. The van der Waals surface area contributed by atoms with Crippen LogP contribution in [0.4, 0.5) is 5.13 Å². The first-order valence-corrected chi connectivity index (χ1v) is 5.94. The zero-order valence-corrected chi connectivity index (χ0v) is 10.2. The molecule has 0 aliphatic heterocycles. The third-order valence-corrected chi connectivity index (χ3v) is 3.40.